The van der Waals surface area contributed by atoms with E-state index in [1.807, 2.05) is 6.92 Å². The monoisotopic (exact) mass is 306 g/mol. The zero-order valence-corrected chi connectivity index (χ0v) is 11.1. The summed E-state index contributed by atoms with van der Waals surface area (Å²) in [4.78, 5) is 11.5. The first-order valence-electron chi connectivity index (χ1n) is 5.22. The molecule has 0 aliphatic heterocycles. The molecule has 0 spiro atoms. The van der Waals surface area contributed by atoms with Crippen LogP contribution in [0.1, 0.15) is 29.8 Å². The summed E-state index contributed by atoms with van der Waals surface area (Å²) >= 11 is 3.15. The molecule has 94 valence electrons. The van der Waals surface area contributed by atoms with Crippen molar-refractivity contribution in [1.29, 1.82) is 0 Å². The highest BCUT2D eigenvalue weighted by molar-refractivity contribution is 9.10. The third kappa shape index (κ3) is 3.49. The molecule has 0 radical (unpaired) electrons. The van der Waals surface area contributed by atoms with Gasteiger partial charge < -0.3 is 4.74 Å². The molecule has 0 amide bonds. The summed E-state index contributed by atoms with van der Waals surface area (Å²) in [6.07, 6.45) is 0.585. The maximum absolute atomic E-state index is 12.3. The van der Waals surface area contributed by atoms with Gasteiger partial charge in [-0.1, -0.05) is 35.0 Å². The average Bonchev–Trinajstić information content (AvgIpc) is 2.26. The predicted molar refractivity (Wildman–Crippen MR) is 65.2 cm³/mol. The molecule has 0 bridgehead atoms. The van der Waals surface area contributed by atoms with Crippen LogP contribution in [0.25, 0.3) is 0 Å². The third-order valence-corrected chi connectivity index (χ3v) is 2.73. The maximum Gasteiger partial charge on any atom is 0.387 e. The molecule has 0 aliphatic carbocycles. The van der Waals surface area contributed by atoms with E-state index in [1.54, 1.807) is 19.1 Å². The Balaban J connectivity index is 3.25. The van der Waals surface area contributed by atoms with E-state index in [0.29, 0.717) is 12.0 Å². The van der Waals surface area contributed by atoms with Gasteiger partial charge in [-0.15, -0.1) is 0 Å². The number of alkyl halides is 3. The van der Waals surface area contributed by atoms with Crippen molar-refractivity contribution >= 4 is 21.7 Å². The average molecular weight is 307 g/mol. The van der Waals surface area contributed by atoms with Crippen LogP contribution in [0, 0.1) is 0 Å². The van der Waals surface area contributed by atoms with Gasteiger partial charge in [0.2, 0.25) is 0 Å². The number of hydrogen-bond donors (Lipinski definition) is 0. The number of rotatable bonds is 5. The number of hydrogen-bond acceptors (Lipinski definition) is 2. The van der Waals surface area contributed by atoms with Crippen LogP contribution in [0.15, 0.2) is 18.2 Å². The standard InChI is InChI=1S/C12H13BrF2O2/c1-3-8-5-4-6-9(17-12(14)15)10(8)11(16)7(2)13/h4-7,12H,3H2,1-2H3. The number of aryl methyl sites for hydroxylation is 1. The van der Waals surface area contributed by atoms with Gasteiger partial charge in [0, 0.05) is 0 Å². The van der Waals surface area contributed by atoms with Gasteiger partial charge in [0.15, 0.2) is 5.78 Å². The molecule has 0 N–H and O–H groups in total. The van der Waals surface area contributed by atoms with E-state index >= 15 is 0 Å². The van der Waals surface area contributed by atoms with Gasteiger partial charge in [-0.3, -0.25) is 4.79 Å². The molecule has 5 heteroatoms. The van der Waals surface area contributed by atoms with Crippen LogP contribution in [-0.2, 0) is 6.42 Å². The van der Waals surface area contributed by atoms with Gasteiger partial charge in [-0.05, 0) is 25.0 Å². The van der Waals surface area contributed by atoms with Crippen molar-refractivity contribution in [2.75, 3.05) is 0 Å². The molecule has 1 aromatic carbocycles. The Hall–Kier alpha value is -0.970. The van der Waals surface area contributed by atoms with Gasteiger partial charge >= 0.3 is 6.61 Å². The summed E-state index contributed by atoms with van der Waals surface area (Å²) in [6.45, 7) is 0.581. The Morgan fingerprint density at radius 3 is 2.59 bits per heavy atom. The second-order valence-corrected chi connectivity index (χ2v) is 4.88. The summed E-state index contributed by atoms with van der Waals surface area (Å²) in [5.41, 5.74) is 0.944. The summed E-state index contributed by atoms with van der Waals surface area (Å²) in [5.74, 6) is -0.311. The lowest BCUT2D eigenvalue weighted by atomic mass is 9.99. The van der Waals surface area contributed by atoms with Crippen LogP contribution in [0.5, 0.6) is 5.75 Å². The quantitative estimate of drug-likeness (QED) is 0.610. The van der Waals surface area contributed by atoms with Crippen molar-refractivity contribution in [2.24, 2.45) is 0 Å². The molecule has 0 heterocycles. The summed E-state index contributed by atoms with van der Waals surface area (Å²) in [7, 11) is 0. The van der Waals surface area contributed by atoms with E-state index in [9.17, 15) is 13.6 Å². The third-order valence-electron chi connectivity index (χ3n) is 2.32. The molecule has 1 aromatic rings. The SMILES string of the molecule is CCc1cccc(OC(F)F)c1C(=O)C(C)Br. The minimum atomic E-state index is -2.93. The number of Topliss-reactive ketones (excluding diaryl/α,β-unsaturated/α-hetero) is 1. The Kier molecular flexibility index (Phi) is 5.05. The first-order chi connectivity index (χ1) is 7.97. The lowest BCUT2D eigenvalue weighted by molar-refractivity contribution is -0.0501. The first-order valence-corrected chi connectivity index (χ1v) is 6.13. The number of ether oxygens (including phenoxy) is 1. The lowest BCUT2D eigenvalue weighted by Gasteiger charge is -2.14. The van der Waals surface area contributed by atoms with Crippen molar-refractivity contribution in [3.05, 3.63) is 29.3 Å². The molecule has 1 rings (SSSR count). The van der Waals surface area contributed by atoms with E-state index in [2.05, 4.69) is 20.7 Å². The zero-order valence-electron chi connectivity index (χ0n) is 9.54. The fourth-order valence-electron chi connectivity index (χ4n) is 1.54. The topological polar surface area (TPSA) is 26.3 Å². The van der Waals surface area contributed by atoms with Gasteiger partial charge in [0.1, 0.15) is 5.75 Å². The lowest BCUT2D eigenvalue weighted by Crippen LogP contribution is -2.16. The normalized spacial score (nSPS) is 12.6. The van der Waals surface area contributed by atoms with Crippen molar-refractivity contribution in [3.63, 3.8) is 0 Å². The molecule has 0 aliphatic rings. The van der Waals surface area contributed by atoms with Crippen molar-refractivity contribution in [2.45, 2.75) is 31.7 Å². The molecule has 0 fully saturated rings. The Bertz CT molecular complexity index is 405. The van der Waals surface area contributed by atoms with Gasteiger partial charge in [0.05, 0.1) is 10.4 Å². The first kappa shape index (κ1) is 14.1. The second kappa shape index (κ2) is 6.10. The highest BCUT2D eigenvalue weighted by atomic mass is 79.9. The summed E-state index contributed by atoms with van der Waals surface area (Å²) in [6, 6.07) is 4.72. The fourth-order valence-corrected chi connectivity index (χ4v) is 1.77. The smallest absolute Gasteiger partial charge is 0.387 e. The van der Waals surface area contributed by atoms with E-state index < -0.39 is 11.4 Å². The van der Waals surface area contributed by atoms with E-state index in [-0.39, 0.29) is 17.1 Å². The number of carbonyl (C=O) groups excluding carboxylic acids is 1. The van der Waals surface area contributed by atoms with Crippen molar-refractivity contribution in [3.8, 4) is 5.75 Å². The van der Waals surface area contributed by atoms with Crippen LogP contribution >= 0.6 is 15.9 Å². The zero-order chi connectivity index (χ0) is 13.0. The molecule has 2 nitrogen and oxygen atoms in total. The van der Waals surface area contributed by atoms with E-state index in [0.717, 1.165) is 0 Å². The minimum absolute atomic E-state index is 0.0596. The van der Waals surface area contributed by atoms with Gasteiger partial charge in [-0.25, -0.2) is 0 Å². The maximum atomic E-state index is 12.3. The van der Waals surface area contributed by atoms with E-state index in [4.69, 9.17) is 0 Å². The molecular weight excluding hydrogens is 294 g/mol. The van der Waals surface area contributed by atoms with Crippen LogP contribution in [0.3, 0.4) is 0 Å². The number of halogens is 3. The molecule has 1 atom stereocenters. The number of ketones is 1. The molecule has 0 aromatic heterocycles. The van der Waals surface area contributed by atoms with Crippen LogP contribution in [-0.4, -0.2) is 17.2 Å². The molecule has 17 heavy (non-hydrogen) atoms. The Morgan fingerprint density at radius 1 is 1.47 bits per heavy atom. The molecule has 0 saturated carbocycles. The predicted octanol–water partition coefficient (Wildman–Crippen LogP) is 3.82. The van der Waals surface area contributed by atoms with Gasteiger partial charge in [-0.2, -0.15) is 8.78 Å². The van der Waals surface area contributed by atoms with Crippen LogP contribution in [0.4, 0.5) is 8.78 Å². The molecule has 1 unspecified atom stereocenters. The Morgan fingerprint density at radius 2 is 2.12 bits per heavy atom. The van der Waals surface area contributed by atoms with Gasteiger partial charge in [0.25, 0.3) is 0 Å². The van der Waals surface area contributed by atoms with Crippen molar-refractivity contribution in [1.82, 2.24) is 0 Å². The highest BCUT2D eigenvalue weighted by Crippen LogP contribution is 2.27. The Labute approximate surface area is 107 Å². The number of carbonyl (C=O) groups is 1. The van der Waals surface area contributed by atoms with Crippen molar-refractivity contribution < 1.29 is 18.3 Å². The highest BCUT2D eigenvalue weighted by Gasteiger charge is 2.21. The summed E-state index contributed by atoms with van der Waals surface area (Å²) < 4.78 is 28.9. The number of benzene rings is 1. The minimum Gasteiger partial charge on any atom is -0.434 e. The largest absolute Gasteiger partial charge is 0.434 e. The molecular formula is C12H13BrF2O2. The van der Waals surface area contributed by atoms with Crippen LogP contribution < -0.4 is 4.74 Å². The summed E-state index contributed by atoms with van der Waals surface area (Å²) in [5, 5.41) is 0. The fraction of sp³-hybridized carbons (Fsp3) is 0.417. The second-order valence-electron chi connectivity index (χ2n) is 3.50. The van der Waals surface area contributed by atoms with E-state index in [1.165, 1.54) is 6.07 Å². The van der Waals surface area contributed by atoms with Crippen LogP contribution in [0.2, 0.25) is 0 Å². The molecule has 0 saturated heterocycles.